The molecule has 1 atom stereocenters. The maximum Gasteiger partial charge on any atom is 0.338 e. The van der Waals surface area contributed by atoms with Crippen LogP contribution in [-0.4, -0.2) is 17.1 Å². The number of halogens is 2. The summed E-state index contributed by atoms with van der Waals surface area (Å²) in [5.74, 6) is 0.217. The Kier molecular flexibility index (Phi) is 7.99. The van der Waals surface area contributed by atoms with Crippen LogP contribution in [0.15, 0.2) is 85.5 Å². The lowest BCUT2D eigenvalue weighted by atomic mass is 10.0. The Morgan fingerprint density at radius 3 is 2.76 bits per heavy atom. The second-order valence-corrected chi connectivity index (χ2v) is 11.7. The number of thiophene rings is 1. The van der Waals surface area contributed by atoms with Gasteiger partial charge >= 0.3 is 5.97 Å². The lowest BCUT2D eigenvalue weighted by Gasteiger charge is -2.23. The van der Waals surface area contributed by atoms with Crippen molar-refractivity contribution in [3.05, 3.63) is 116 Å². The van der Waals surface area contributed by atoms with Crippen molar-refractivity contribution in [2.75, 3.05) is 6.61 Å². The van der Waals surface area contributed by atoms with Gasteiger partial charge in [0.2, 0.25) is 0 Å². The summed E-state index contributed by atoms with van der Waals surface area (Å²) >= 11 is 12.4. The summed E-state index contributed by atoms with van der Waals surface area (Å²) in [6.45, 7) is 4.16. The van der Waals surface area contributed by atoms with E-state index in [1.165, 1.54) is 22.7 Å². The highest BCUT2D eigenvalue weighted by atomic mass is 79.9. The molecule has 0 amide bonds. The molecule has 2 aromatic carbocycles. The van der Waals surface area contributed by atoms with Gasteiger partial charge in [-0.15, -0.1) is 11.3 Å². The predicted molar refractivity (Wildman–Crippen MR) is 155 cm³/mol. The second kappa shape index (κ2) is 11.4. The minimum absolute atomic E-state index is 0.209. The standard InChI is InChI=1S/C28H22BrClN2O4S2/c1-3-35-27(34)24-16(2)31-28-32(25(24)22-8-5-11-37-22)26(33)23(38-28)14-17-9-10-21(20(29)13-17)36-15-18-6-4-7-19(30)12-18/h4-14,25H,3,15H2,1-2H3/b23-14-/t25-/m0/s1. The predicted octanol–water partition coefficient (Wildman–Crippen LogP) is 5.85. The van der Waals surface area contributed by atoms with Crippen LogP contribution in [0, 0.1) is 0 Å². The molecule has 0 spiro atoms. The molecule has 6 nitrogen and oxygen atoms in total. The van der Waals surface area contributed by atoms with Crippen molar-refractivity contribution in [3.8, 4) is 5.75 Å². The van der Waals surface area contributed by atoms with Crippen LogP contribution in [0.5, 0.6) is 5.75 Å². The molecule has 194 valence electrons. The molecule has 4 aromatic rings. The number of carbonyl (C=O) groups excluding carboxylic acids is 1. The van der Waals surface area contributed by atoms with Crippen molar-refractivity contribution in [1.29, 1.82) is 0 Å². The third kappa shape index (κ3) is 5.42. The fraction of sp³-hybridized carbons (Fsp3) is 0.179. The summed E-state index contributed by atoms with van der Waals surface area (Å²) in [5.41, 5.74) is 2.52. The number of benzene rings is 2. The fourth-order valence-electron chi connectivity index (χ4n) is 4.17. The SMILES string of the molecule is CCOC(=O)C1=C(C)N=c2s/c(=C\c3ccc(OCc4cccc(Cl)c4)c(Br)c3)c(=O)n2[C@H]1c1cccs1. The van der Waals surface area contributed by atoms with Gasteiger partial charge in [0.05, 0.1) is 26.9 Å². The molecule has 0 radical (unpaired) electrons. The van der Waals surface area contributed by atoms with E-state index in [0.29, 0.717) is 38.0 Å². The first-order valence-corrected chi connectivity index (χ1v) is 14.6. The average Bonchev–Trinajstić information content (AvgIpc) is 3.51. The lowest BCUT2D eigenvalue weighted by molar-refractivity contribution is -0.139. The number of hydrogen-bond donors (Lipinski definition) is 0. The van der Waals surface area contributed by atoms with Crippen LogP contribution in [0.1, 0.15) is 35.9 Å². The van der Waals surface area contributed by atoms with Gasteiger partial charge in [0.25, 0.3) is 5.56 Å². The Morgan fingerprint density at radius 1 is 1.21 bits per heavy atom. The molecular weight excluding hydrogens is 608 g/mol. The van der Waals surface area contributed by atoms with Gasteiger partial charge in [0.15, 0.2) is 4.80 Å². The number of hydrogen-bond acceptors (Lipinski definition) is 7. The molecule has 3 heterocycles. The van der Waals surface area contributed by atoms with E-state index in [9.17, 15) is 9.59 Å². The van der Waals surface area contributed by atoms with Crippen LogP contribution in [0.4, 0.5) is 0 Å². The molecule has 38 heavy (non-hydrogen) atoms. The highest BCUT2D eigenvalue weighted by Crippen LogP contribution is 2.33. The van der Waals surface area contributed by atoms with Crippen LogP contribution in [0.2, 0.25) is 5.02 Å². The van der Waals surface area contributed by atoms with Gasteiger partial charge in [-0.3, -0.25) is 9.36 Å². The molecule has 5 rings (SSSR count). The summed E-state index contributed by atoms with van der Waals surface area (Å²) in [4.78, 5) is 32.6. The van der Waals surface area contributed by atoms with Crippen LogP contribution < -0.4 is 19.6 Å². The average molecular weight is 630 g/mol. The third-order valence-corrected chi connectivity index (χ3v) is 8.63. The number of rotatable bonds is 7. The molecular formula is C28H22BrClN2O4S2. The molecule has 2 aromatic heterocycles. The van der Waals surface area contributed by atoms with Crippen molar-refractivity contribution in [2.45, 2.75) is 26.5 Å². The Balaban J connectivity index is 1.50. The molecule has 0 saturated carbocycles. The first-order chi connectivity index (χ1) is 18.4. The summed E-state index contributed by atoms with van der Waals surface area (Å²) in [7, 11) is 0. The largest absolute Gasteiger partial charge is 0.488 e. The molecule has 1 aliphatic heterocycles. The summed E-state index contributed by atoms with van der Waals surface area (Å²) < 4.78 is 14.1. The van der Waals surface area contributed by atoms with Crippen molar-refractivity contribution in [3.63, 3.8) is 0 Å². The summed E-state index contributed by atoms with van der Waals surface area (Å²) in [6, 6.07) is 16.4. The van der Waals surface area contributed by atoms with E-state index in [-0.39, 0.29) is 12.2 Å². The topological polar surface area (TPSA) is 69.9 Å². The first kappa shape index (κ1) is 26.6. The Morgan fingerprint density at radius 2 is 2.05 bits per heavy atom. The number of ether oxygens (including phenoxy) is 2. The van der Waals surface area contributed by atoms with Crippen LogP contribution in [0.25, 0.3) is 6.08 Å². The number of aromatic nitrogens is 1. The van der Waals surface area contributed by atoms with Gasteiger partial charge in [-0.25, -0.2) is 9.79 Å². The quantitative estimate of drug-likeness (QED) is 0.241. The van der Waals surface area contributed by atoms with Gasteiger partial charge in [0, 0.05) is 9.90 Å². The van der Waals surface area contributed by atoms with E-state index in [0.717, 1.165) is 20.5 Å². The molecule has 10 heteroatoms. The van der Waals surface area contributed by atoms with E-state index in [4.69, 9.17) is 21.1 Å². The van der Waals surface area contributed by atoms with Crippen LogP contribution in [-0.2, 0) is 16.1 Å². The molecule has 0 aliphatic carbocycles. The second-order valence-electron chi connectivity index (χ2n) is 8.43. The first-order valence-electron chi connectivity index (χ1n) is 11.8. The van der Waals surface area contributed by atoms with Crippen LogP contribution in [0.3, 0.4) is 0 Å². The number of esters is 1. The van der Waals surface area contributed by atoms with Gasteiger partial charge in [0.1, 0.15) is 18.4 Å². The lowest BCUT2D eigenvalue weighted by Crippen LogP contribution is -2.39. The smallest absolute Gasteiger partial charge is 0.338 e. The van der Waals surface area contributed by atoms with Gasteiger partial charge in [-0.05, 0) is 82.7 Å². The number of nitrogens with zero attached hydrogens (tertiary/aromatic N) is 2. The van der Waals surface area contributed by atoms with E-state index in [1.54, 1.807) is 18.4 Å². The molecule has 0 N–H and O–H groups in total. The molecule has 1 aliphatic rings. The van der Waals surface area contributed by atoms with E-state index in [2.05, 4.69) is 20.9 Å². The normalized spacial score (nSPS) is 15.3. The van der Waals surface area contributed by atoms with Crippen molar-refractivity contribution in [1.82, 2.24) is 4.57 Å². The van der Waals surface area contributed by atoms with E-state index < -0.39 is 12.0 Å². The monoisotopic (exact) mass is 628 g/mol. The number of carbonyl (C=O) groups is 1. The maximum atomic E-state index is 13.7. The minimum atomic E-state index is -0.582. The summed E-state index contributed by atoms with van der Waals surface area (Å²) in [5, 5.41) is 2.59. The zero-order valence-electron chi connectivity index (χ0n) is 20.4. The molecule has 0 bridgehead atoms. The minimum Gasteiger partial charge on any atom is -0.488 e. The molecule has 0 unspecified atom stereocenters. The van der Waals surface area contributed by atoms with Crippen molar-refractivity contribution < 1.29 is 14.3 Å². The Hall–Kier alpha value is -2.98. The summed E-state index contributed by atoms with van der Waals surface area (Å²) in [6.07, 6.45) is 1.82. The molecule has 0 saturated heterocycles. The van der Waals surface area contributed by atoms with Gasteiger partial charge < -0.3 is 9.47 Å². The van der Waals surface area contributed by atoms with Gasteiger partial charge in [-0.2, -0.15) is 0 Å². The van der Waals surface area contributed by atoms with E-state index in [1.807, 2.05) is 66.1 Å². The zero-order chi connectivity index (χ0) is 26.8. The zero-order valence-corrected chi connectivity index (χ0v) is 24.4. The van der Waals surface area contributed by atoms with Crippen molar-refractivity contribution >= 4 is 62.2 Å². The molecule has 0 fully saturated rings. The highest BCUT2D eigenvalue weighted by Gasteiger charge is 2.33. The number of thiazole rings is 1. The Labute approximate surface area is 240 Å². The van der Waals surface area contributed by atoms with E-state index >= 15 is 0 Å². The fourth-order valence-corrected chi connectivity index (χ4v) is 6.76. The third-order valence-electron chi connectivity index (χ3n) is 5.87. The van der Waals surface area contributed by atoms with Crippen molar-refractivity contribution in [2.24, 2.45) is 4.99 Å². The highest BCUT2D eigenvalue weighted by molar-refractivity contribution is 9.10. The number of allylic oxidation sites excluding steroid dienone is 1. The maximum absolute atomic E-state index is 13.7. The Bertz CT molecular complexity index is 1720. The number of fused-ring (bicyclic) bond motifs is 1. The van der Waals surface area contributed by atoms with Crippen LogP contribution >= 0.6 is 50.2 Å². The van der Waals surface area contributed by atoms with Gasteiger partial charge in [-0.1, -0.05) is 47.2 Å².